The monoisotopic (exact) mass is 220 g/mol. The van der Waals surface area contributed by atoms with E-state index in [1.165, 1.54) is 25.7 Å². The minimum atomic E-state index is -1.05. The molecule has 1 heterocycles. The molecule has 1 fully saturated rings. The van der Waals surface area contributed by atoms with E-state index >= 15 is 0 Å². The van der Waals surface area contributed by atoms with E-state index in [-0.39, 0.29) is 5.82 Å². The second kappa shape index (κ2) is 5.05. The van der Waals surface area contributed by atoms with Crippen LogP contribution in [-0.4, -0.2) is 21.0 Å². The highest BCUT2D eigenvalue weighted by Crippen LogP contribution is 2.30. The van der Waals surface area contributed by atoms with Gasteiger partial charge in [0, 0.05) is 17.8 Å². The van der Waals surface area contributed by atoms with Gasteiger partial charge in [-0.15, -0.1) is 0 Å². The summed E-state index contributed by atoms with van der Waals surface area (Å²) in [6.45, 7) is 0. The van der Waals surface area contributed by atoms with Crippen LogP contribution in [0.3, 0.4) is 0 Å². The van der Waals surface area contributed by atoms with Crippen LogP contribution in [0.15, 0.2) is 12.3 Å². The molecular formula is C12H16N2O2. The minimum absolute atomic E-state index is 0.0817. The summed E-state index contributed by atoms with van der Waals surface area (Å²) in [7, 11) is 0. The highest BCUT2D eigenvalue weighted by molar-refractivity contribution is 5.82. The minimum Gasteiger partial charge on any atom is -0.475 e. The Morgan fingerprint density at radius 1 is 1.25 bits per heavy atom. The standard InChI is InChI=1S/C12H16N2O2/c15-12(16)11-13-8-7-10(14-11)9-5-3-1-2-4-6-9/h7-9H,1-6H2,(H,15,16). The van der Waals surface area contributed by atoms with Crippen LogP contribution in [0, 0.1) is 0 Å². The number of hydrogen-bond acceptors (Lipinski definition) is 3. The van der Waals surface area contributed by atoms with E-state index in [2.05, 4.69) is 9.97 Å². The largest absolute Gasteiger partial charge is 0.475 e. The maximum absolute atomic E-state index is 10.8. The highest BCUT2D eigenvalue weighted by atomic mass is 16.4. The van der Waals surface area contributed by atoms with Crippen LogP contribution in [0.1, 0.15) is 60.8 Å². The van der Waals surface area contributed by atoms with Crippen LogP contribution in [0.5, 0.6) is 0 Å². The molecule has 1 saturated carbocycles. The van der Waals surface area contributed by atoms with Crippen LogP contribution < -0.4 is 0 Å². The summed E-state index contributed by atoms with van der Waals surface area (Å²) in [6.07, 6.45) is 8.80. The summed E-state index contributed by atoms with van der Waals surface area (Å²) in [6, 6.07) is 1.85. The Balaban J connectivity index is 2.18. The number of carbonyl (C=O) groups is 1. The van der Waals surface area contributed by atoms with Gasteiger partial charge in [0.25, 0.3) is 0 Å². The summed E-state index contributed by atoms with van der Waals surface area (Å²) >= 11 is 0. The fourth-order valence-electron chi connectivity index (χ4n) is 2.28. The number of carboxylic acid groups (broad SMARTS) is 1. The second-order valence-electron chi connectivity index (χ2n) is 4.30. The van der Waals surface area contributed by atoms with Crippen molar-refractivity contribution in [2.45, 2.75) is 44.4 Å². The van der Waals surface area contributed by atoms with Gasteiger partial charge in [0.2, 0.25) is 5.82 Å². The van der Waals surface area contributed by atoms with E-state index in [0.717, 1.165) is 18.5 Å². The van der Waals surface area contributed by atoms with Crippen molar-refractivity contribution in [3.05, 3.63) is 23.8 Å². The highest BCUT2D eigenvalue weighted by Gasteiger charge is 2.17. The van der Waals surface area contributed by atoms with Crippen molar-refractivity contribution in [3.63, 3.8) is 0 Å². The van der Waals surface area contributed by atoms with Gasteiger partial charge in [-0.05, 0) is 18.9 Å². The number of nitrogens with zero attached hydrogens (tertiary/aromatic N) is 2. The molecule has 86 valence electrons. The number of carboxylic acids is 1. The average Bonchev–Trinajstić information content (AvgIpc) is 2.57. The molecule has 0 spiro atoms. The van der Waals surface area contributed by atoms with Crippen LogP contribution >= 0.6 is 0 Å². The molecule has 0 aromatic carbocycles. The summed E-state index contributed by atoms with van der Waals surface area (Å²) in [4.78, 5) is 18.7. The van der Waals surface area contributed by atoms with Gasteiger partial charge in [-0.3, -0.25) is 0 Å². The Bertz CT molecular complexity index is 371. The molecular weight excluding hydrogens is 204 g/mol. The molecule has 0 radical (unpaired) electrons. The Morgan fingerprint density at radius 3 is 2.56 bits per heavy atom. The van der Waals surface area contributed by atoms with Gasteiger partial charge in [0.1, 0.15) is 0 Å². The normalized spacial score (nSPS) is 18.0. The molecule has 1 aliphatic rings. The molecule has 0 aliphatic heterocycles. The van der Waals surface area contributed by atoms with Crippen LogP contribution in [0.4, 0.5) is 0 Å². The number of rotatable bonds is 2. The Hall–Kier alpha value is -1.45. The third kappa shape index (κ3) is 2.56. The maximum Gasteiger partial charge on any atom is 0.373 e. The SMILES string of the molecule is O=C(O)c1nccc(C2CCCCCC2)n1. The maximum atomic E-state index is 10.8. The third-order valence-electron chi connectivity index (χ3n) is 3.14. The molecule has 0 bridgehead atoms. The van der Waals surface area contributed by atoms with E-state index in [1.54, 1.807) is 6.20 Å². The Labute approximate surface area is 94.7 Å². The number of hydrogen-bond donors (Lipinski definition) is 1. The van der Waals surface area contributed by atoms with Gasteiger partial charge in [-0.25, -0.2) is 14.8 Å². The summed E-state index contributed by atoms with van der Waals surface area (Å²) in [5, 5.41) is 8.84. The van der Waals surface area contributed by atoms with Crippen molar-refractivity contribution in [2.75, 3.05) is 0 Å². The molecule has 1 aromatic rings. The van der Waals surface area contributed by atoms with Crippen molar-refractivity contribution < 1.29 is 9.90 Å². The molecule has 0 amide bonds. The molecule has 1 aliphatic carbocycles. The van der Waals surface area contributed by atoms with E-state index < -0.39 is 5.97 Å². The smallest absolute Gasteiger partial charge is 0.373 e. The van der Waals surface area contributed by atoms with Gasteiger partial charge in [0.05, 0.1) is 0 Å². The Morgan fingerprint density at radius 2 is 1.94 bits per heavy atom. The summed E-state index contributed by atoms with van der Waals surface area (Å²) < 4.78 is 0. The topological polar surface area (TPSA) is 63.1 Å². The van der Waals surface area contributed by atoms with E-state index in [9.17, 15) is 4.79 Å². The lowest BCUT2D eigenvalue weighted by Gasteiger charge is -2.12. The van der Waals surface area contributed by atoms with Gasteiger partial charge < -0.3 is 5.11 Å². The fraction of sp³-hybridized carbons (Fsp3) is 0.583. The lowest BCUT2D eigenvalue weighted by atomic mass is 9.96. The first-order chi connectivity index (χ1) is 7.77. The van der Waals surface area contributed by atoms with Gasteiger partial charge in [-0.2, -0.15) is 0 Å². The first-order valence-corrected chi connectivity index (χ1v) is 5.83. The molecule has 16 heavy (non-hydrogen) atoms. The summed E-state index contributed by atoms with van der Waals surface area (Å²) in [5.74, 6) is -0.708. The first-order valence-electron chi connectivity index (χ1n) is 5.83. The molecule has 0 atom stereocenters. The van der Waals surface area contributed by atoms with Crippen molar-refractivity contribution >= 4 is 5.97 Å². The van der Waals surface area contributed by atoms with Crippen molar-refractivity contribution in [1.82, 2.24) is 9.97 Å². The fourth-order valence-corrected chi connectivity index (χ4v) is 2.28. The molecule has 4 nitrogen and oxygen atoms in total. The van der Waals surface area contributed by atoms with E-state index in [1.807, 2.05) is 6.07 Å². The van der Waals surface area contributed by atoms with Crippen molar-refractivity contribution in [3.8, 4) is 0 Å². The lowest BCUT2D eigenvalue weighted by molar-refractivity contribution is 0.0683. The first kappa shape index (κ1) is 11.0. The van der Waals surface area contributed by atoms with Crippen molar-refractivity contribution in [1.29, 1.82) is 0 Å². The van der Waals surface area contributed by atoms with Gasteiger partial charge in [0.15, 0.2) is 0 Å². The van der Waals surface area contributed by atoms with Gasteiger partial charge in [-0.1, -0.05) is 25.7 Å². The molecule has 2 rings (SSSR count). The number of aromatic carboxylic acids is 1. The Kier molecular flexibility index (Phi) is 3.49. The summed E-state index contributed by atoms with van der Waals surface area (Å²) in [5.41, 5.74) is 0.898. The van der Waals surface area contributed by atoms with Gasteiger partial charge >= 0.3 is 5.97 Å². The molecule has 1 N–H and O–H groups in total. The zero-order valence-corrected chi connectivity index (χ0v) is 9.22. The number of aromatic nitrogens is 2. The zero-order chi connectivity index (χ0) is 11.4. The quantitative estimate of drug-likeness (QED) is 0.778. The van der Waals surface area contributed by atoms with Crippen LogP contribution in [0.2, 0.25) is 0 Å². The zero-order valence-electron chi connectivity index (χ0n) is 9.22. The lowest BCUT2D eigenvalue weighted by Crippen LogP contribution is -2.08. The van der Waals surface area contributed by atoms with E-state index in [0.29, 0.717) is 5.92 Å². The van der Waals surface area contributed by atoms with Crippen LogP contribution in [0.25, 0.3) is 0 Å². The van der Waals surface area contributed by atoms with Crippen molar-refractivity contribution in [2.24, 2.45) is 0 Å². The average molecular weight is 220 g/mol. The third-order valence-corrected chi connectivity index (χ3v) is 3.14. The molecule has 1 aromatic heterocycles. The molecule has 0 saturated heterocycles. The predicted octanol–water partition coefficient (Wildman–Crippen LogP) is 2.61. The molecule has 4 heteroatoms. The molecule has 0 unspecified atom stereocenters. The predicted molar refractivity (Wildman–Crippen MR) is 59.4 cm³/mol. The second-order valence-corrected chi connectivity index (χ2v) is 4.30. The van der Waals surface area contributed by atoms with Crippen LogP contribution in [-0.2, 0) is 0 Å². The van der Waals surface area contributed by atoms with E-state index in [4.69, 9.17) is 5.11 Å².